The third-order valence-corrected chi connectivity index (χ3v) is 5.91. The average Bonchev–Trinajstić information content (AvgIpc) is 2.96. The van der Waals surface area contributed by atoms with Crippen molar-refractivity contribution in [2.24, 2.45) is 5.92 Å². The summed E-state index contributed by atoms with van der Waals surface area (Å²) in [5.74, 6) is 0.0245. The van der Waals surface area contributed by atoms with Gasteiger partial charge in [-0.1, -0.05) is 25.1 Å². The van der Waals surface area contributed by atoms with E-state index in [-0.39, 0.29) is 5.56 Å². The fourth-order valence-corrected chi connectivity index (χ4v) is 4.70. The van der Waals surface area contributed by atoms with E-state index in [1.54, 1.807) is 18.2 Å². The van der Waals surface area contributed by atoms with Crippen LogP contribution >= 0.6 is 11.3 Å². The maximum atomic E-state index is 12.7. The minimum atomic E-state index is -0.686. The predicted molar refractivity (Wildman–Crippen MR) is 101 cm³/mol. The summed E-state index contributed by atoms with van der Waals surface area (Å²) in [5, 5.41) is 13.5. The minimum absolute atomic E-state index is 0.0627. The van der Waals surface area contributed by atoms with Crippen LogP contribution in [0.2, 0.25) is 0 Å². The molecule has 6 heteroatoms. The highest BCUT2D eigenvalue weighted by molar-refractivity contribution is 7.16. The van der Waals surface area contributed by atoms with Crippen molar-refractivity contribution in [2.75, 3.05) is 5.32 Å². The molecular formula is C20H16N2O3S. The van der Waals surface area contributed by atoms with Crippen molar-refractivity contribution < 1.29 is 9.21 Å². The van der Waals surface area contributed by atoms with E-state index in [4.69, 9.17) is 4.42 Å². The normalized spacial score (nSPS) is 16.1. The SMILES string of the molecule is C[C@@H]1CCc2c(sc(NC(=O)c3cc4ccccc4oc3=O)c2C#N)C1. The van der Waals surface area contributed by atoms with Gasteiger partial charge in [0.1, 0.15) is 22.2 Å². The van der Waals surface area contributed by atoms with E-state index in [0.717, 1.165) is 29.7 Å². The molecule has 5 nitrogen and oxygen atoms in total. The fourth-order valence-electron chi connectivity index (χ4n) is 3.35. The first-order valence-electron chi connectivity index (χ1n) is 8.45. The largest absolute Gasteiger partial charge is 0.422 e. The summed E-state index contributed by atoms with van der Waals surface area (Å²) in [7, 11) is 0. The van der Waals surface area contributed by atoms with Crippen LogP contribution in [0.25, 0.3) is 11.0 Å². The Balaban J connectivity index is 1.70. The Morgan fingerprint density at radius 1 is 1.38 bits per heavy atom. The number of nitrogens with one attached hydrogen (secondary N) is 1. The fraction of sp³-hybridized carbons (Fsp3) is 0.250. The number of rotatable bonds is 2. The third kappa shape index (κ3) is 2.80. The molecule has 0 aliphatic heterocycles. The number of fused-ring (bicyclic) bond motifs is 2. The summed E-state index contributed by atoms with van der Waals surface area (Å²) in [6, 6.07) is 10.8. The molecule has 0 fully saturated rings. The maximum absolute atomic E-state index is 12.7. The second-order valence-electron chi connectivity index (χ2n) is 6.61. The Bertz CT molecular complexity index is 1120. The van der Waals surface area contributed by atoms with E-state index in [2.05, 4.69) is 18.3 Å². The van der Waals surface area contributed by atoms with Gasteiger partial charge in [-0.05, 0) is 42.9 Å². The highest BCUT2D eigenvalue weighted by Crippen LogP contribution is 2.39. The molecule has 1 amide bonds. The molecule has 130 valence electrons. The van der Waals surface area contributed by atoms with Gasteiger partial charge in [-0.15, -0.1) is 11.3 Å². The zero-order valence-corrected chi connectivity index (χ0v) is 15.0. The van der Waals surface area contributed by atoms with Gasteiger partial charge < -0.3 is 9.73 Å². The number of hydrogen-bond donors (Lipinski definition) is 1. The zero-order chi connectivity index (χ0) is 18.3. The van der Waals surface area contributed by atoms with Crippen LogP contribution in [0.3, 0.4) is 0 Å². The minimum Gasteiger partial charge on any atom is -0.422 e. The number of thiophene rings is 1. The van der Waals surface area contributed by atoms with Crippen LogP contribution in [0, 0.1) is 17.2 Å². The van der Waals surface area contributed by atoms with Crippen LogP contribution < -0.4 is 10.9 Å². The Morgan fingerprint density at radius 3 is 3.00 bits per heavy atom. The Labute approximate surface area is 153 Å². The first-order valence-corrected chi connectivity index (χ1v) is 9.27. The lowest BCUT2D eigenvalue weighted by Gasteiger charge is -2.17. The molecular weight excluding hydrogens is 348 g/mol. The molecule has 2 heterocycles. The van der Waals surface area contributed by atoms with Crippen molar-refractivity contribution >= 4 is 33.2 Å². The molecule has 0 radical (unpaired) electrons. The Hall–Kier alpha value is -2.91. The molecule has 0 saturated carbocycles. The van der Waals surface area contributed by atoms with Gasteiger partial charge in [-0.3, -0.25) is 4.79 Å². The highest BCUT2D eigenvalue weighted by Gasteiger charge is 2.25. The highest BCUT2D eigenvalue weighted by atomic mass is 32.1. The van der Waals surface area contributed by atoms with Gasteiger partial charge in [0.15, 0.2) is 0 Å². The van der Waals surface area contributed by atoms with E-state index in [0.29, 0.717) is 27.5 Å². The van der Waals surface area contributed by atoms with E-state index in [9.17, 15) is 14.9 Å². The van der Waals surface area contributed by atoms with Gasteiger partial charge in [-0.2, -0.15) is 5.26 Å². The second-order valence-corrected chi connectivity index (χ2v) is 7.71. The van der Waals surface area contributed by atoms with Crippen LogP contribution in [0.15, 0.2) is 39.5 Å². The van der Waals surface area contributed by atoms with Crippen molar-refractivity contribution in [1.29, 1.82) is 5.26 Å². The molecule has 26 heavy (non-hydrogen) atoms. The number of benzene rings is 1. The van der Waals surface area contributed by atoms with E-state index in [1.807, 2.05) is 6.07 Å². The maximum Gasteiger partial charge on any atom is 0.349 e. The lowest BCUT2D eigenvalue weighted by Crippen LogP contribution is -2.20. The number of hydrogen-bond acceptors (Lipinski definition) is 5. The van der Waals surface area contributed by atoms with Gasteiger partial charge >= 0.3 is 5.63 Å². The van der Waals surface area contributed by atoms with Crippen LogP contribution in [0.5, 0.6) is 0 Å². The molecule has 0 bridgehead atoms. The van der Waals surface area contributed by atoms with Crippen LogP contribution in [-0.2, 0) is 12.8 Å². The number of nitrogens with zero attached hydrogens (tertiary/aromatic N) is 1. The first kappa shape index (κ1) is 16.6. The van der Waals surface area contributed by atoms with Crippen LogP contribution in [-0.4, -0.2) is 5.91 Å². The quantitative estimate of drug-likeness (QED) is 0.694. The lowest BCUT2D eigenvalue weighted by atomic mass is 9.88. The number of anilines is 1. The zero-order valence-electron chi connectivity index (χ0n) is 14.2. The predicted octanol–water partition coefficient (Wildman–Crippen LogP) is 4.10. The smallest absolute Gasteiger partial charge is 0.349 e. The molecule has 0 spiro atoms. The number of amides is 1. The third-order valence-electron chi connectivity index (χ3n) is 4.74. The molecule has 3 aromatic rings. The number of carbonyl (C=O) groups excluding carboxylic acids is 1. The molecule has 4 rings (SSSR count). The topological polar surface area (TPSA) is 83.1 Å². The van der Waals surface area contributed by atoms with E-state index >= 15 is 0 Å². The Kier molecular flexibility index (Phi) is 4.09. The summed E-state index contributed by atoms with van der Waals surface area (Å²) in [5.41, 5.74) is 1.25. The Morgan fingerprint density at radius 2 is 2.19 bits per heavy atom. The summed E-state index contributed by atoms with van der Waals surface area (Å²) in [6.07, 6.45) is 2.81. The summed E-state index contributed by atoms with van der Waals surface area (Å²) < 4.78 is 5.23. The average molecular weight is 364 g/mol. The van der Waals surface area contributed by atoms with Gasteiger partial charge in [-0.25, -0.2) is 4.79 Å². The van der Waals surface area contributed by atoms with Crippen molar-refractivity contribution in [1.82, 2.24) is 0 Å². The number of para-hydroxylation sites is 1. The molecule has 1 aliphatic rings. The van der Waals surface area contributed by atoms with Gasteiger partial charge in [0.05, 0.1) is 5.56 Å². The standard InChI is InChI=1S/C20H16N2O3S/c1-11-6-7-13-15(10-21)19(26-17(13)8-11)22-18(23)14-9-12-4-2-3-5-16(12)25-20(14)24/h2-5,9,11H,6-8H2,1H3,(H,22,23)/t11-/m1/s1. The van der Waals surface area contributed by atoms with Gasteiger partial charge in [0, 0.05) is 10.3 Å². The molecule has 0 unspecified atom stereocenters. The molecule has 1 aliphatic carbocycles. The summed E-state index contributed by atoms with van der Waals surface area (Å²) in [4.78, 5) is 26.0. The molecule has 2 aromatic heterocycles. The van der Waals surface area contributed by atoms with Crippen LogP contribution in [0.4, 0.5) is 5.00 Å². The monoisotopic (exact) mass is 364 g/mol. The molecule has 1 N–H and O–H groups in total. The van der Waals surface area contributed by atoms with Crippen molar-refractivity contribution in [3.63, 3.8) is 0 Å². The number of nitriles is 1. The van der Waals surface area contributed by atoms with Crippen molar-refractivity contribution in [3.8, 4) is 6.07 Å². The van der Waals surface area contributed by atoms with E-state index in [1.165, 1.54) is 17.4 Å². The van der Waals surface area contributed by atoms with Crippen molar-refractivity contribution in [2.45, 2.75) is 26.2 Å². The second kappa shape index (κ2) is 6.43. The lowest BCUT2D eigenvalue weighted by molar-refractivity contribution is 0.102. The van der Waals surface area contributed by atoms with E-state index < -0.39 is 11.5 Å². The summed E-state index contributed by atoms with van der Waals surface area (Å²) in [6.45, 7) is 2.19. The van der Waals surface area contributed by atoms with Crippen molar-refractivity contribution in [3.05, 3.63) is 62.3 Å². The molecule has 1 aromatic carbocycles. The summed E-state index contributed by atoms with van der Waals surface area (Å²) >= 11 is 1.44. The van der Waals surface area contributed by atoms with Gasteiger partial charge in [0.25, 0.3) is 5.91 Å². The first-order chi connectivity index (χ1) is 12.6. The number of carbonyl (C=O) groups is 1. The molecule has 1 atom stereocenters. The van der Waals surface area contributed by atoms with Gasteiger partial charge in [0.2, 0.25) is 0 Å². The molecule has 0 saturated heterocycles. The van der Waals surface area contributed by atoms with Crippen LogP contribution in [0.1, 0.15) is 39.7 Å².